The highest BCUT2D eigenvalue weighted by Gasteiger charge is 2.36. The van der Waals surface area contributed by atoms with Crippen molar-refractivity contribution in [3.8, 4) is 0 Å². The lowest BCUT2D eigenvalue weighted by Gasteiger charge is -2.15. The summed E-state index contributed by atoms with van der Waals surface area (Å²) in [5, 5.41) is 0. The van der Waals surface area contributed by atoms with Gasteiger partial charge in [0.2, 0.25) is 0 Å². The second-order valence-corrected chi connectivity index (χ2v) is 6.68. The minimum absolute atomic E-state index is 0.0996. The predicted octanol–water partition coefficient (Wildman–Crippen LogP) is 3.50. The molecule has 7 heteroatoms. The summed E-state index contributed by atoms with van der Waals surface area (Å²) in [5.74, 6) is -2.06. The highest BCUT2D eigenvalue weighted by Crippen LogP contribution is 2.28. The monoisotopic (exact) mass is 415 g/mol. The first kappa shape index (κ1) is 20.0. The zero-order valence-corrected chi connectivity index (χ0v) is 16.3. The van der Waals surface area contributed by atoms with Gasteiger partial charge in [-0.2, -0.15) is 0 Å². The zero-order valence-electron chi connectivity index (χ0n) is 16.3. The molecule has 0 atom stereocenters. The summed E-state index contributed by atoms with van der Waals surface area (Å²) >= 11 is 0. The number of carbonyl (C=O) groups is 4. The molecule has 0 aliphatic carbocycles. The van der Waals surface area contributed by atoms with Gasteiger partial charge in [0.1, 0.15) is 13.2 Å². The number of hydrogen-bond acceptors (Lipinski definition) is 6. The van der Waals surface area contributed by atoms with Crippen LogP contribution < -0.4 is 4.90 Å². The largest absolute Gasteiger partial charge is 0.458 e. The molecule has 1 aliphatic rings. The van der Waals surface area contributed by atoms with E-state index < -0.39 is 23.8 Å². The topological polar surface area (TPSA) is 90.0 Å². The van der Waals surface area contributed by atoms with Crippen LogP contribution in [0, 0.1) is 0 Å². The van der Waals surface area contributed by atoms with E-state index >= 15 is 0 Å². The molecule has 0 saturated carbocycles. The van der Waals surface area contributed by atoms with Crippen molar-refractivity contribution in [3.05, 3.63) is 101 Å². The van der Waals surface area contributed by atoms with Crippen LogP contribution in [0.15, 0.2) is 78.9 Å². The number of nitrogens with zero attached hydrogens (tertiary/aromatic N) is 1. The van der Waals surface area contributed by atoms with E-state index in [4.69, 9.17) is 9.47 Å². The molecule has 0 fully saturated rings. The average molecular weight is 415 g/mol. The number of anilines is 1. The summed E-state index contributed by atoms with van der Waals surface area (Å²) in [6, 6.07) is 21.1. The number of amides is 2. The Balaban J connectivity index is 1.37. The number of esters is 2. The first-order chi connectivity index (χ1) is 15.1. The number of hydrogen-bond donors (Lipinski definition) is 0. The number of imide groups is 1. The van der Waals surface area contributed by atoms with E-state index in [9.17, 15) is 19.2 Å². The molecular weight excluding hydrogens is 398 g/mol. The number of benzene rings is 3. The zero-order chi connectivity index (χ0) is 21.8. The van der Waals surface area contributed by atoms with Gasteiger partial charge in [-0.3, -0.25) is 9.59 Å². The summed E-state index contributed by atoms with van der Waals surface area (Å²) < 4.78 is 10.2. The quantitative estimate of drug-likeness (QED) is 0.348. The Morgan fingerprint density at radius 1 is 0.645 bits per heavy atom. The fourth-order valence-corrected chi connectivity index (χ4v) is 3.21. The molecule has 0 aromatic heterocycles. The molecule has 0 unspecified atom stereocenters. The highest BCUT2D eigenvalue weighted by molar-refractivity contribution is 6.34. The van der Waals surface area contributed by atoms with Crippen LogP contribution in [0.2, 0.25) is 0 Å². The van der Waals surface area contributed by atoms with Gasteiger partial charge in [0.25, 0.3) is 11.8 Å². The second kappa shape index (κ2) is 8.62. The maximum Gasteiger partial charge on any atom is 0.338 e. The third kappa shape index (κ3) is 4.06. The second-order valence-electron chi connectivity index (χ2n) is 6.68. The van der Waals surface area contributed by atoms with Crippen LogP contribution in [0.25, 0.3) is 0 Å². The lowest BCUT2D eigenvalue weighted by Crippen LogP contribution is -2.29. The van der Waals surface area contributed by atoms with Gasteiger partial charge in [0.15, 0.2) is 0 Å². The van der Waals surface area contributed by atoms with Gasteiger partial charge in [0, 0.05) is 0 Å². The third-order valence-electron chi connectivity index (χ3n) is 4.69. The van der Waals surface area contributed by atoms with E-state index in [1.165, 1.54) is 12.1 Å². The van der Waals surface area contributed by atoms with Crippen LogP contribution >= 0.6 is 0 Å². The van der Waals surface area contributed by atoms with Gasteiger partial charge in [-0.05, 0) is 42.5 Å². The van der Waals surface area contributed by atoms with Gasteiger partial charge in [-0.15, -0.1) is 0 Å². The van der Waals surface area contributed by atoms with Gasteiger partial charge < -0.3 is 9.47 Å². The fourth-order valence-electron chi connectivity index (χ4n) is 3.21. The normalized spacial score (nSPS) is 12.5. The van der Waals surface area contributed by atoms with Gasteiger partial charge in [-0.1, -0.05) is 36.4 Å². The molecule has 0 saturated heterocycles. The van der Waals surface area contributed by atoms with Crippen molar-refractivity contribution in [2.75, 3.05) is 18.1 Å². The Bertz CT molecular complexity index is 1140. The van der Waals surface area contributed by atoms with E-state index in [1.807, 2.05) is 0 Å². The maximum absolute atomic E-state index is 12.6. The molecule has 3 aromatic rings. The van der Waals surface area contributed by atoms with Crippen molar-refractivity contribution in [1.29, 1.82) is 0 Å². The smallest absolute Gasteiger partial charge is 0.338 e. The summed E-state index contributed by atoms with van der Waals surface area (Å²) in [7, 11) is 0. The minimum atomic E-state index is -0.658. The third-order valence-corrected chi connectivity index (χ3v) is 4.69. The molecule has 154 valence electrons. The summed E-state index contributed by atoms with van der Waals surface area (Å²) in [6.07, 6.45) is 0. The van der Waals surface area contributed by atoms with Crippen molar-refractivity contribution >= 4 is 29.4 Å². The van der Waals surface area contributed by atoms with Crippen molar-refractivity contribution in [2.24, 2.45) is 0 Å². The van der Waals surface area contributed by atoms with E-state index in [0.29, 0.717) is 16.7 Å². The molecule has 0 radical (unpaired) electrons. The Labute approximate surface area is 177 Å². The van der Waals surface area contributed by atoms with Crippen LogP contribution in [0.1, 0.15) is 41.4 Å². The van der Waals surface area contributed by atoms with Crippen molar-refractivity contribution in [3.63, 3.8) is 0 Å². The molecule has 7 nitrogen and oxygen atoms in total. The standard InChI is InChI=1S/C24H17NO6/c26-21-19-11-4-5-12-20(19)22(27)25(21)18-10-6-9-17(15-18)24(29)31-14-13-30-23(28)16-7-2-1-3-8-16/h1-12,15H,13-14H2. The summed E-state index contributed by atoms with van der Waals surface area (Å²) in [5.41, 5.74) is 1.49. The van der Waals surface area contributed by atoms with Gasteiger partial charge >= 0.3 is 11.9 Å². The minimum Gasteiger partial charge on any atom is -0.458 e. The van der Waals surface area contributed by atoms with E-state index in [2.05, 4.69) is 0 Å². The average Bonchev–Trinajstić information content (AvgIpc) is 3.07. The summed E-state index contributed by atoms with van der Waals surface area (Å²) in [6.45, 7) is -0.230. The van der Waals surface area contributed by atoms with E-state index in [-0.39, 0.29) is 24.5 Å². The van der Waals surface area contributed by atoms with Crippen LogP contribution in [-0.2, 0) is 9.47 Å². The van der Waals surface area contributed by atoms with Crippen molar-refractivity contribution in [1.82, 2.24) is 0 Å². The van der Waals surface area contributed by atoms with Gasteiger partial charge in [-0.25, -0.2) is 14.5 Å². The first-order valence-corrected chi connectivity index (χ1v) is 9.53. The number of carbonyl (C=O) groups excluding carboxylic acids is 4. The Kier molecular flexibility index (Phi) is 5.57. The molecular formula is C24H17NO6. The number of fused-ring (bicyclic) bond motifs is 1. The molecule has 1 aliphatic heterocycles. The highest BCUT2D eigenvalue weighted by atomic mass is 16.6. The molecule has 31 heavy (non-hydrogen) atoms. The first-order valence-electron chi connectivity index (χ1n) is 9.53. The Hall–Kier alpha value is -4.26. The molecule has 2 amide bonds. The molecule has 0 N–H and O–H groups in total. The molecule has 3 aromatic carbocycles. The maximum atomic E-state index is 12.6. The lowest BCUT2D eigenvalue weighted by atomic mass is 10.1. The van der Waals surface area contributed by atoms with Crippen molar-refractivity contribution in [2.45, 2.75) is 0 Å². The van der Waals surface area contributed by atoms with E-state index in [0.717, 1.165) is 4.90 Å². The Morgan fingerprint density at radius 2 is 1.16 bits per heavy atom. The summed E-state index contributed by atoms with van der Waals surface area (Å²) in [4.78, 5) is 50.5. The predicted molar refractivity (Wildman–Crippen MR) is 111 cm³/mol. The van der Waals surface area contributed by atoms with Crippen molar-refractivity contribution < 1.29 is 28.7 Å². The molecule has 4 rings (SSSR count). The molecule has 1 heterocycles. The molecule has 0 bridgehead atoms. The lowest BCUT2D eigenvalue weighted by molar-refractivity contribution is 0.0265. The van der Waals surface area contributed by atoms with Crippen LogP contribution in [0.3, 0.4) is 0 Å². The van der Waals surface area contributed by atoms with Gasteiger partial charge in [0.05, 0.1) is 27.9 Å². The fraction of sp³-hybridized carbons (Fsp3) is 0.0833. The Morgan fingerprint density at radius 3 is 1.77 bits per heavy atom. The van der Waals surface area contributed by atoms with Crippen LogP contribution in [0.4, 0.5) is 5.69 Å². The van der Waals surface area contributed by atoms with E-state index in [1.54, 1.807) is 66.7 Å². The number of ether oxygens (including phenoxy) is 2. The van der Waals surface area contributed by atoms with Crippen LogP contribution in [0.5, 0.6) is 0 Å². The number of rotatable bonds is 6. The van der Waals surface area contributed by atoms with Crippen LogP contribution in [-0.4, -0.2) is 37.0 Å². The SMILES string of the molecule is O=C(OCCOC(=O)c1cccc(N2C(=O)c3ccccc3C2=O)c1)c1ccccc1. The molecule has 0 spiro atoms.